The fourth-order valence-electron chi connectivity index (χ4n) is 6.60. The van der Waals surface area contributed by atoms with Crippen LogP contribution in [0, 0.1) is 0 Å². The van der Waals surface area contributed by atoms with Gasteiger partial charge >= 0.3 is 18.0 Å². The highest BCUT2D eigenvalue weighted by Gasteiger charge is 2.30. The molecule has 1 N–H and O–H groups in total. The van der Waals surface area contributed by atoms with Gasteiger partial charge in [0.2, 0.25) is 0 Å². The number of hydrogen-bond acceptors (Lipinski definition) is 7. The molecule has 1 rings (SSSR count). The predicted molar refractivity (Wildman–Crippen MR) is 206 cm³/mol. The average Bonchev–Trinajstić information content (AvgIpc) is 3.07. The van der Waals surface area contributed by atoms with Crippen molar-refractivity contribution in [2.45, 2.75) is 226 Å². The highest BCUT2D eigenvalue weighted by molar-refractivity contribution is 5.70. The van der Waals surface area contributed by atoms with Crippen molar-refractivity contribution in [3.05, 3.63) is 0 Å². The van der Waals surface area contributed by atoms with Gasteiger partial charge in [-0.3, -0.25) is 14.5 Å². The van der Waals surface area contributed by atoms with E-state index in [1.165, 1.54) is 128 Å². The Labute approximate surface area is 308 Å². The third kappa shape index (κ3) is 27.8. The van der Waals surface area contributed by atoms with Gasteiger partial charge in [-0.1, -0.05) is 168 Å². The van der Waals surface area contributed by atoms with Crippen LogP contribution in [0.4, 0.5) is 4.79 Å². The molecule has 294 valence electrons. The van der Waals surface area contributed by atoms with Crippen LogP contribution in [0.1, 0.15) is 207 Å². The topological polar surface area (TPSA) is 94.2 Å². The van der Waals surface area contributed by atoms with Gasteiger partial charge in [-0.15, -0.1) is 0 Å². The molecule has 0 saturated carbocycles. The maximum atomic E-state index is 12.7. The molecule has 8 nitrogen and oxygen atoms in total. The van der Waals surface area contributed by atoms with Gasteiger partial charge in [0.05, 0.1) is 6.04 Å². The molecule has 0 radical (unpaired) electrons. The quantitative estimate of drug-likeness (QED) is 0.0398. The second kappa shape index (κ2) is 33.0. The molecule has 0 bridgehead atoms. The van der Waals surface area contributed by atoms with Gasteiger partial charge in [-0.05, 0) is 26.7 Å². The summed E-state index contributed by atoms with van der Waals surface area (Å²) in [4.78, 5) is 39.8. The second-order valence-corrected chi connectivity index (χ2v) is 15.3. The first-order chi connectivity index (χ1) is 24.3. The molecule has 1 fully saturated rings. The van der Waals surface area contributed by atoms with Gasteiger partial charge in [0.25, 0.3) is 0 Å². The minimum atomic E-state index is -0.806. The maximum absolute atomic E-state index is 12.7. The number of likely N-dealkylation sites (tertiary alicyclic amines) is 1. The number of ether oxygens (including phenoxy) is 3. The lowest BCUT2D eigenvalue weighted by atomic mass is 10.0. The van der Waals surface area contributed by atoms with Crippen LogP contribution in [0.5, 0.6) is 0 Å². The largest absolute Gasteiger partial charge is 0.462 e. The Hall–Kier alpha value is -1.83. The molecule has 0 aromatic carbocycles. The lowest BCUT2D eigenvalue weighted by Crippen LogP contribution is -2.61. The van der Waals surface area contributed by atoms with E-state index in [9.17, 15) is 14.4 Å². The van der Waals surface area contributed by atoms with E-state index < -0.39 is 12.2 Å². The lowest BCUT2D eigenvalue weighted by molar-refractivity contribution is -0.161. The number of carbonyl (C=O) groups is 3. The molecule has 0 aliphatic carbocycles. The van der Waals surface area contributed by atoms with Crippen molar-refractivity contribution in [3.63, 3.8) is 0 Å². The van der Waals surface area contributed by atoms with E-state index in [-0.39, 0.29) is 31.2 Å². The smallest absolute Gasteiger partial charge is 0.407 e. The Morgan fingerprint density at radius 2 is 0.900 bits per heavy atom. The molecule has 1 aliphatic rings. The first-order valence-corrected chi connectivity index (χ1v) is 21.4. The summed E-state index contributed by atoms with van der Waals surface area (Å²) in [5.74, 6) is -0.625. The van der Waals surface area contributed by atoms with Gasteiger partial charge in [0.15, 0.2) is 6.10 Å². The van der Waals surface area contributed by atoms with Crippen LogP contribution in [0.25, 0.3) is 0 Å². The van der Waals surface area contributed by atoms with Crippen LogP contribution in [-0.2, 0) is 23.8 Å². The first kappa shape index (κ1) is 46.2. The summed E-state index contributed by atoms with van der Waals surface area (Å²) in [7, 11) is 0. The highest BCUT2D eigenvalue weighted by Crippen LogP contribution is 2.16. The number of unbranched alkanes of at least 4 members (excludes halogenated alkanes) is 24. The van der Waals surface area contributed by atoms with E-state index in [1.54, 1.807) is 0 Å². The molecule has 8 heteroatoms. The number of rotatable bonds is 35. The number of carbonyl (C=O) groups excluding carboxylic acids is 3. The Morgan fingerprint density at radius 1 is 0.540 bits per heavy atom. The summed E-state index contributed by atoms with van der Waals surface area (Å²) in [6.07, 6.45) is 31.8. The summed E-state index contributed by atoms with van der Waals surface area (Å²) in [6, 6.07) is 0.497. The van der Waals surface area contributed by atoms with Crippen molar-refractivity contribution >= 4 is 18.0 Å². The van der Waals surface area contributed by atoms with Gasteiger partial charge in [0.1, 0.15) is 13.2 Å². The van der Waals surface area contributed by atoms with Gasteiger partial charge in [0, 0.05) is 32.0 Å². The van der Waals surface area contributed by atoms with E-state index in [0.29, 0.717) is 18.9 Å². The van der Waals surface area contributed by atoms with Crippen LogP contribution in [0.3, 0.4) is 0 Å². The molecule has 50 heavy (non-hydrogen) atoms. The number of esters is 2. The zero-order valence-corrected chi connectivity index (χ0v) is 33.3. The summed E-state index contributed by atoms with van der Waals surface area (Å²) in [5.41, 5.74) is 0. The monoisotopic (exact) mass is 709 g/mol. The number of nitrogens with one attached hydrogen (secondary N) is 1. The molecular formula is C42H80N2O6. The molecule has 1 aliphatic heterocycles. The van der Waals surface area contributed by atoms with E-state index in [2.05, 4.69) is 37.9 Å². The third-order valence-electron chi connectivity index (χ3n) is 10.1. The average molecular weight is 709 g/mol. The molecule has 0 spiro atoms. The zero-order valence-electron chi connectivity index (χ0n) is 33.3. The number of nitrogens with zero attached hydrogens (tertiary/aromatic N) is 1. The summed E-state index contributed by atoms with van der Waals surface area (Å²) in [5, 5.41) is 2.87. The Balaban J connectivity index is 2.24. The number of hydrogen-bond donors (Lipinski definition) is 1. The minimum Gasteiger partial charge on any atom is -0.462 e. The molecule has 0 aromatic rings. The Morgan fingerprint density at radius 3 is 1.30 bits per heavy atom. The minimum absolute atomic E-state index is 0.0552. The summed E-state index contributed by atoms with van der Waals surface area (Å²) < 4.78 is 16.5. The van der Waals surface area contributed by atoms with Crippen LogP contribution in [0.15, 0.2) is 0 Å². The second-order valence-electron chi connectivity index (χ2n) is 15.3. The number of amides is 1. The van der Waals surface area contributed by atoms with Crippen molar-refractivity contribution in [1.82, 2.24) is 10.2 Å². The van der Waals surface area contributed by atoms with Crippen molar-refractivity contribution in [2.24, 2.45) is 0 Å². The van der Waals surface area contributed by atoms with Crippen molar-refractivity contribution < 1.29 is 28.6 Å². The van der Waals surface area contributed by atoms with Crippen LogP contribution in [-0.4, -0.2) is 67.4 Å². The highest BCUT2D eigenvalue weighted by atomic mass is 16.6. The van der Waals surface area contributed by atoms with Crippen molar-refractivity contribution in [2.75, 3.05) is 26.3 Å². The molecule has 1 unspecified atom stereocenters. The van der Waals surface area contributed by atoms with Gasteiger partial charge in [-0.2, -0.15) is 0 Å². The van der Waals surface area contributed by atoms with Crippen LogP contribution >= 0.6 is 0 Å². The van der Waals surface area contributed by atoms with Crippen LogP contribution in [0.2, 0.25) is 0 Å². The Bertz CT molecular complexity index is 816. The molecule has 1 heterocycles. The zero-order chi connectivity index (χ0) is 36.5. The van der Waals surface area contributed by atoms with E-state index in [1.807, 2.05) is 0 Å². The molecule has 1 atom stereocenters. The maximum Gasteiger partial charge on any atom is 0.407 e. The standard InChI is InChI=1S/C42H80N2O6/c1-5-7-9-11-13-15-17-19-21-23-25-27-29-31-40(45)48-35-39(36-49-42(47)43-38-33-44(34-38)37(3)4)50-41(46)32-30-28-26-24-22-20-18-16-14-12-10-8-6-2/h37-39H,5-36H2,1-4H3,(H,43,47). The summed E-state index contributed by atoms with van der Waals surface area (Å²) in [6.45, 7) is 10.1. The normalized spacial score (nSPS) is 14.0. The molecule has 1 amide bonds. The van der Waals surface area contributed by atoms with Crippen molar-refractivity contribution in [1.29, 1.82) is 0 Å². The fraction of sp³-hybridized carbons (Fsp3) is 0.929. The molecule has 0 aromatic heterocycles. The van der Waals surface area contributed by atoms with E-state index >= 15 is 0 Å². The molecular weight excluding hydrogens is 628 g/mol. The van der Waals surface area contributed by atoms with Crippen LogP contribution < -0.4 is 5.32 Å². The van der Waals surface area contributed by atoms with Crippen molar-refractivity contribution in [3.8, 4) is 0 Å². The third-order valence-corrected chi connectivity index (χ3v) is 10.1. The van der Waals surface area contributed by atoms with E-state index in [0.717, 1.165) is 51.6 Å². The SMILES string of the molecule is CCCCCCCCCCCCCCCC(=O)OCC(COC(=O)NC1CN(C(C)C)C1)OC(=O)CCCCCCCCCCCCCCC. The van der Waals surface area contributed by atoms with Gasteiger partial charge < -0.3 is 19.5 Å². The lowest BCUT2D eigenvalue weighted by Gasteiger charge is -2.41. The van der Waals surface area contributed by atoms with Gasteiger partial charge in [-0.25, -0.2) is 4.79 Å². The fourth-order valence-corrected chi connectivity index (χ4v) is 6.60. The first-order valence-electron chi connectivity index (χ1n) is 21.4. The Kier molecular flexibility index (Phi) is 30.5. The number of alkyl carbamates (subject to hydrolysis) is 1. The van der Waals surface area contributed by atoms with E-state index in [4.69, 9.17) is 14.2 Å². The molecule has 1 saturated heterocycles. The summed E-state index contributed by atoms with van der Waals surface area (Å²) >= 11 is 0. The predicted octanol–water partition coefficient (Wildman–Crippen LogP) is 11.2.